The standard InChI is InChI=1S/C13H22ClNO4/c1-10(2)9-18-13(17)15(8-12(16)19-14)11-6-4-3-5-7-11/h10-11H,3-9H2,1-2H3. The molecule has 0 radical (unpaired) electrons. The summed E-state index contributed by atoms with van der Waals surface area (Å²) in [6.45, 7) is 4.12. The van der Waals surface area contributed by atoms with Crippen molar-refractivity contribution in [2.75, 3.05) is 13.2 Å². The third kappa shape index (κ3) is 5.68. The van der Waals surface area contributed by atoms with Crippen molar-refractivity contribution in [2.45, 2.75) is 52.0 Å². The third-order valence-electron chi connectivity index (χ3n) is 3.18. The Balaban J connectivity index is 2.61. The lowest BCUT2D eigenvalue weighted by Gasteiger charge is -2.32. The molecule has 1 saturated carbocycles. The number of hydrogen-bond acceptors (Lipinski definition) is 4. The fourth-order valence-electron chi connectivity index (χ4n) is 2.22. The molecule has 0 saturated heterocycles. The molecule has 0 aromatic carbocycles. The lowest BCUT2D eigenvalue weighted by Crippen LogP contribution is -2.45. The maximum atomic E-state index is 12.1. The summed E-state index contributed by atoms with van der Waals surface area (Å²) >= 11 is 5.04. The van der Waals surface area contributed by atoms with Gasteiger partial charge in [-0.15, -0.1) is 0 Å². The number of hydrogen-bond donors (Lipinski definition) is 0. The van der Waals surface area contributed by atoms with Gasteiger partial charge in [-0.3, -0.25) is 4.90 Å². The Labute approximate surface area is 119 Å². The molecule has 0 aliphatic heterocycles. The fourth-order valence-corrected chi connectivity index (χ4v) is 2.27. The molecule has 6 heteroatoms. The van der Waals surface area contributed by atoms with Crippen LogP contribution in [0.5, 0.6) is 0 Å². The summed E-state index contributed by atoms with van der Waals surface area (Å²) in [5, 5.41) is 0. The Hall–Kier alpha value is -0.970. The highest BCUT2D eigenvalue weighted by Gasteiger charge is 2.29. The molecule has 0 bridgehead atoms. The van der Waals surface area contributed by atoms with Crippen LogP contribution >= 0.6 is 11.9 Å². The Kier molecular flexibility index (Phi) is 6.99. The SMILES string of the molecule is CC(C)COC(=O)N(CC(=O)OCl)C1CCCCC1. The van der Waals surface area contributed by atoms with Crippen molar-refractivity contribution in [1.29, 1.82) is 0 Å². The molecule has 0 atom stereocenters. The average molecular weight is 292 g/mol. The molecule has 0 aromatic rings. The van der Waals surface area contributed by atoms with Crippen molar-refractivity contribution in [3.8, 4) is 0 Å². The van der Waals surface area contributed by atoms with E-state index in [1.54, 1.807) is 0 Å². The number of rotatable bonds is 5. The zero-order valence-electron chi connectivity index (χ0n) is 11.6. The van der Waals surface area contributed by atoms with Crippen LogP contribution in [-0.2, 0) is 13.8 Å². The molecular formula is C13H22ClNO4. The highest BCUT2D eigenvalue weighted by Crippen LogP contribution is 2.23. The minimum absolute atomic E-state index is 0.0455. The van der Waals surface area contributed by atoms with E-state index in [9.17, 15) is 9.59 Å². The Morgan fingerprint density at radius 1 is 1.26 bits per heavy atom. The smallest absolute Gasteiger partial charge is 0.410 e. The maximum absolute atomic E-state index is 12.1. The van der Waals surface area contributed by atoms with Gasteiger partial charge in [-0.25, -0.2) is 9.59 Å². The second kappa shape index (κ2) is 8.25. The first-order valence-electron chi connectivity index (χ1n) is 6.79. The number of amides is 1. The topological polar surface area (TPSA) is 55.8 Å². The molecule has 0 spiro atoms. The molecule has 110 valence electrons. The van der Waals surface area contributed by atoms with E-state index in [4.69, 9.17) is 16.6 Å². The van der Waals surface area contributed by atoms with Gasteiger partial charge < -0.3 is 9.03 Å². The number of halogens is 1. The van der Waals surface area contributed by atoms with Crippen LogP contribution in [0, 0.1) is 5.92 Å². The van der Waals surface area contributed by atoms with Crippen molar-refractivity contribution >= 4 is 23.9 Å². The van der Waals surface area contributed by atoms with Gasteiger partial charge in [-0.05, 0) is 18.8 Å². The summed E-state index contributed by atoms with van der Waals surface area (Å²) in [7, 11) is 0. The molecule has 1 rings (SSSR count). The van der Waals surface area contributed by atoms with E-state index in [0.717, 1.165) is 25.7 Å². The number of carbonyl (C=O) groups is 2. The van der Waals surface area contributed by atoms with Crippen molar-refractivity contribution in [1.82, 2.24) is 4.90 Å². The molecule has 0 N–H and O–H groups in total. The largest absolute Gasteiger partial charge is 0.449 e. The first-order chi connectivity index (χ1) is 9.04. The lowest BCUT2D eigenvalue weighted by molar-refractivity contribution is -0.135. The molecule has 19 heavy (non-hydrogen) atoms. The summed E-state index contributed by atoms with van der Waals surface area (Å²) in [6, 6.07) is 0.0455. The van der Waals surface area contributed by atoms with Crippen LogP contribution in [0.15, 0.2) is 0 Å². The van der Waals surface area contributed by atoms with Gasteiger partial charge in [0, 0.05) is 6.04 Å². The minimum atomic E-state index is -0.631. The van der Waals surface area contributed by atoms with E-state index in [0.29, 0.717) is 6.61 Å². The molecule has 1 aliphatic rings. The Bertz CT molecular complexity index is 303. The predicted molar refractivity (Wildman–Crippen MR) is 71.7 cm³/mol. The lowest BCUT2D eigenvalue weighted by atomic mass is 9.94. The highest BCUT2D eigenvalue weighted by atomic mass is 35.5. The second-order valence-corrected chi connectivity index (χ2v) is 5.49. The maximum Gasteiger partial charge on any atom is 0.410 e. The Morgan fingerprint density at radius 3 is 2.42 bits per heavy atom. The molecule has 1 aliphatic carbocycles. The van der Waals surface area contributed by atoms with E-state index in [1.807, 2.05) is 13.8 Å². The molecule has 1 amide bonds. The zero-order valence-corrected chi connectivity index (χ0v) is 12.3. The van der Waals surface area contributed by atoms with Crippen LogP contribution < -0.4 is 0 Å². The van der Waals surface area contributed by atoms with Crippen molar-refractivity contribution in [2.24, 2.45) is 5.92 Å². The van der Waals surface area contributed by atoms with Crippen LogP contribution in [0.4, 0.5) is 4.79 Å². The monoisotopic (exact) mass is 291 g/mol. The summed E-state index contributed by atoms with van der Waals surface area (Å²) in [6.07, 6.45) is 4.63. The first kappa shape index (κ1) is 16.1. The quantitative estimate of drug-likeness (QED) is 0.781. The zero-order chi connectivity index (χ0) is 14.3. The van der Waals surface area contributed by atoms with Crippen LogP contribution in [0.25, 0.3) is 0 Å². The highest BCUT2D eigenvalue weighted by molar-refractivity contribution is 6.13. The van der Waals surface area contributed by atoms with Crippen LogP contribution in [-0.4, -0.2) is 36.2 Å². The van der Waals surface area contributed by atoms with E-state index < -0.39 is 12.1 Å². The molecule has 0 aromatic heterocycles. The van der Waals surface area contributed by atoms with Gasteiger partial charge >= 0.3 is 12.1 Å². The number of nitrogens with zero attached hydrogens (tertiary/aromatic N) is 1. The normalized spacial score (nSPS) is 16.2. The predicted octanol–water partition coefficient (Wildman–Crippen LogP) is 3.11. The van der Waals surface area contributed by atoms with E-state index in [2.05, 4.69) is 4.29 Å². The minimum Gasteiger partial charge on any atom is -0.449 e. The molecule has 5 nitrogen and oxygen atoms in total. The van der Waals surface area contributed by atoms with Crippen molar-refractivity contribution in [3.05, 3.63) is 0 Å². The summed E-state index contributed by atoms with van der Waals surface area (Å²) in [4.78, 5) is 24.8. The van der Waals surface area contributed by atoms with Gasteiger partial charge in [0.1, 0.15) is 18.4 Å². The van der Waals surface area contributed by atoms with Crippen molar-refractivity contribution in [3.63, 3.8) is 0 Å². The van der Waals surface area contributed by atoms with Gasteiger partial charge in [-0.1, -0.05) is 33.1 Å². The third-order valence-corrected chi connectivity index (χ3v) is 3.35. The summed E-state index contributed by atoms with van der Waals surface area (Å²) < 4.78 is 9.33. The van der Waals surface area contributed by atoms with Gasteiger partial charge in [-0.2, -0.15) is 0 Å². The van der Waals surface area contributed by atoms with Gasteiger partial charge in [0.15, 0.2) is 0 Å². The number of carbonyl (C=O) groups excluding carboxylic acids is 2. The van der Waals surface area contributed by atoms with E-state index in [1.165, 1.54) is 11.3 Å². The summed E-state index contributed by atoms with van der Waals surface area (Å²) in [5.74, 6) is -0.370. The molecule has 0 unspecified atom stereocenters. The van der Waals surface area contributed by atoms with Crippen LogP contribution in [0.3, 0.4) is 0 Å². The van der Waals surface area contributed by atoms with E-state index >= 15 is 0 Å². The fraction of sp³-hybridized carbons (Fsp3) is 0.846. The molecule has 1 fully saturated rings. The summed E-state index contributed by atoms with van der Waals surface area (Å²) in [5.41, 5.74) is 0. The second-order valence-electron chi connectivity index (χ2n) is 5.34. The number of ether oxygens (including phenoxy) is 1. The van der Waals surface area contributed by atoms with Gasteiger partial charge in [0.2, 0.25) is 0 Å². The van der Waals surface area contributed by atoms with Crippen LogP contribution in [0.2, 0.25) is 0 Å². The first-order valence-corrected chi connectivity index (χ1v) is 7.10. The average Bonchev–Trinajstić information content (AvgIpc) is 2.42. The van der Waals surface area contributed by atoms with Crippen molar-refractivity contribution < 1.29 is 18.6 Å². The Morgan fingerprint density at radius 2 is 1.89 bits per heavy atom. The van der Waals surface area contributed by atoms with Gasteiger partial charge in [0.05, 0.1) is 6.61 Å². The van der Waals surface area contributed by atoms with E-state index in [-0.39, 0.29) is 18.5 Å². The van der Waals surface area contributed by atoms with Gasteiger partial charge in [0.25, 0.3) is 0 Å². The molecular weight excluding hydrogens is 270 g/mol. The molecule has 0 heterocycles. The van der Waals surface area contributed by atoms with Crippen LogP contribution in [0.1, 0.15) is 46.0 Å².